The van der Waals surface area contributed by atoms with E-state index in [4.69, 9.17) is 9.72 Å². The molecule has 5 rings (SSSR count). The quantitative estimate of drug-likeness (QED) is 0.232. The molecule has 1 aliphatic rings. The van der Waals surface area contributed by atoms with Crippen LogP contribution >= 0.6 is 0 Å². The van der Waals surface area contributed by atoms with Crippen LogP contribution in [0.4, 0.5) is 0 Å². The van der Waals surface area contributed by atoms with Crippen molar-refractivity contribution in [2.75, 3.05) is 0 Å². The maximum Gasteiger partial charge on any atom is 0.310 e. The second-order valence-electron chi connectivity index (χ2n) is 8.99. The average Bonchev–Trinajstić information content (AvgIpc) is 3.32. The number of hydrogen-bond donors (Lipinski definition) is 0. The van der Waals surface area contributed by atoms with Crippen molar-refractivity contribution in [1.29, 1.82) is 0 Å². The molecule has 1 unspecified atom stereocenters. The molecule has 0 spiro atoms. The molecule has 0 N–H and O–H groups in total. The minimum Gasteiger partial charge on any atom is -0.426 e. The van der Waals surface area contributed by atoms with E-state index in [0.717, 1.165) is 49.2 Å². The van der Waals surface area contributed by atoms with Crippen molar-refractivity contribution in [3.8, 4) is 28.3 Å². The Balaban J connectivity index is 1.35. The van der Waals surface area contributed by atoms with Gasteiger partial charge in [0.2, 0.25) is 0 Å². The average molecular weight is 451 g/mol. The van der Waals surface area contributed by atoms with Gasteiger partial charge in [0.25, 0.3) is 0 Å². The van der Waals surface area contributed by atoms with Gasteiger partial charge in [-0.15, -0.1) is 0 Å². The summed E-state index contributed by atoms with van der Waals surface area (Å²) < 4.78 is 7.90. The number of rotatable bonds is 7. The number of carbonyl (C=O) groups is 1. The van der Waals surface area contributed by atoms with Gasteiger partial charge >= 0.3 is 5.97 Å². The summed E-state index contributed by atoms with van der Waals surface area (Å²) in [6.07, 6.45) is 6.55. The molecule has 0 saturated carbocycles. The van der Waals surface area contributed by atoms with Gasteiger partial charge in [-0.25, -0.2) is 4.98 Å². The van der Waals surface area contributed by atoms with E-state index in [2.05, 4.69) is 65.2 Å². The zero-order valence-electron chi connectivity index (χ0n) is 19.6. The number of aromatic nitrogens is 2. The first kappa shape index (κ1) is 22.1. The molecule has 1 heterocycles. The molecule has 0 aliphatic heterocycles. The largest absolute Gasteiger partial charge is 0.426 e. The van der Waals surface area contributed by atoms with Crippen molar-refractivity contribution in [1.82, 2.24) is 9.55 Å². The van der Waals surface area contributed by atoms with Crippen molar-refractivity contribution in [2.24, 2.45) is 5.92 Å². The predicted octanol–water partition coefficient (Wildman–Crippen LogP) is 6.73. The Morgan fingerprint density at radius 3 is 2.44 bits per heavy atom. The lowest BCUT2D eigenvalue weighted by molar-refractivity contribution is -0.134. The fourth-order valence-corrected chi connectivity index (χ4v) is 4.96. The van der Waals surface area contributed by atoms with Gasteiger partial charge in [0.1, 0.15) is 5.75 Å². The Hall–Kier alpha value is -3.66. The lowest BCUT2D eigenvalue weighted by atomic mass is 9.82. The number of carbonyl (C=O) groups excluding carboxylic acids is 1. The number of ether oxygens (including phenoxy) is 1. The van der Waals surface area contributed by atoms with E-state index < -0.39 is 0 Å². The van der Waals surface area contributed by atoms with Crippen LogP contribution in [0.5, 0.6) is 5.75 Å². The Morgan fingerprint density at radius 1 is 0.971 bits per heavy atom. The van der Waals surface area contributed by atoms with Crippen LogP contribution in [0.2, 0.25) is 0 Å². The standard InChI is InChI=1S/C30H30N2O2/c1-2-28(33)34-27-15-9-14-25-20-22(16-17-26(25)27)18-19-32-21-31-29(23-10-5-3-6-11-23)30(32)24-12-7-4-8-13-24/h3-15,21-22H,2,16-20H2,1H3. The molecule has 34 heavy (non-hydrogen) atoms. The van der Waals surface area contributed by atoms with Gasteiger partial charge in [0.05, 0.1) is 17.7 Å². The Morgan fingerprint density at radius 2 is 1.71 bits per heavy atom. The Bertz CT molecular complexity index is 1260. The third-order valence-corrected chi connectivity index (χ3v) is 6.76. The highest BCUT2D eigenvalue weighted by atomic mass is 16.5. The first-order valence-electron chi connectivity index (χ1n) is 12.2. The third-order valence-electron chi connectivity index (χ3n) is 6.76. The highest BCUT2D eigenvalue weighted by molar-refractivity contribution is 5.78. The van der Waals surface area contributed by atoms with Gasteiger partial charge in [-0.2, -0.15) is 0 Å². The summed E-state index contributed by atoms with van der Waals surface area (Å²) in [7, 11) is 0. The summed E-state index contributed by atoms with van der Waals surface area (Å²) in [5.74, 6) is 1.17. The molecule has 172 valence electrons. The molecule has 4 aromatic rings. The van der Waals surface area contributed by atoms with Crippen LogP contribution in [0, 0.1) is 5.92 Å². The molecule has 0 saturated heterocycles. The smallest absolute Gasteiger partial charge is 0.310 e. The number of benzene rings is 3. The number of imidazole rings is 1. The van der Waals surface area contributed by atoms with Crippen LogP contribution in [0.15, 0.2) is 85.2 Å². The van der Waals surface area contributed by atoms with Crippen molar-refractivity contribution in [2.45, 2.75) is 45.6 Å². The highest BCUT2D eigenvalue weighted by Crippen LogP contribution is 2.35. The number of nitrogens with zero attached hydrogens (tertiary/aromatic N) is 2. The lowest BCUT2D eigenvalue weighted by Crippen LogP contribution is -2.18. The summed E-state index contributed by atoms with van der Waals surface area (Å²) in [6.45, 7) is 2.76. The Kier molecular flexibility index (Phi) is 6.57. The number of aryl methyl sites for hydroxylation is 1. The number of hydrogen-bond acceptors (Lipinski definition) is 3. The number of esters is 1. The molecule has 0 amide bonds. The molecule has 4 nitrogen and oxygen atoms in total. The SMILES string of the molecule is CCC(=O)Oc1cccc2c1CCC(CCn1cnc(-c3ccccc3)c1-c1ccccc1)C2. The summed E-state index contributed by atoms with van der Waals surface area (Å²) in [5, 5.41) is 0. The van der Waals surface area contributed by atoms with E-state index in [1.807, 2.05) is 31.5 Å². The summed E-state index contributed by atoms with van der Waals surface area (Å²) >= 11 is 0. The lowest BCUT2D eigenvalue weighted by Gasteiger charge is -2.26. The molecule has 1 aliphatic carbocycles. The van der Waals surface area contributed by atoms with Gasteiger partial charge < -0.3 is 9.30 Å². The predicted molar refractivity (Wildman–Crippen MR) is 136 cm³/mol. The molecular weight excluding hydrogens is 420 g/mol. The molecule has 3 aromatic carbocycles. The fourth-order valence-electron chi connectivity index (χ4n) is 4.96. The maximum absolute atomic E-state index is 11.8. The van der Waals surface area contributed by atoms with E-state index >= 15 is 0 Å². The maximum atomic E-state index is 11.8. The molecule has 0 fully saturated rings. The van der Waals surface area contributed by atoms with Crippen LogP contribution in [0.25, 0.3) is 22.5 Å². The van der Waals surface area contributed by atoms with Crippen molar-refractivity contribution in [3.05, 3.63) is 96.3 Å². The highest BCUT2D eigenvalue weighted by Gasteiger charge is 2.23. The third kappa shape index (κ3) is 4.67. The van der Waals surface area contributed by atoms with E-state index in [1.54, 1.807) is 0 Å². The van der Waals surface area contributed by atoms with E-state index in [9.17, 15) is 4.79 Å². The first-order chi connectivity index (χ1) is 16.7. The summed E-state index contributed by atoms with van der Waals surface area (Å²) in [5.41, 5.74) is 7.06. The first-order valence-corrected chi connectivity index (χ1v) is 12.2. The van der Waals surface area contributed by atoms with Crippen LogP contribution in [0.3, 0.4) is 0 Å². The topological polar surface area (TPSA) is 44.1 Å². The normalized spacial score (nSPS) is 15.0. The minimum absolute atomic E-state index is 0.168. The van der Waals surface area contributed by atoms with Crippen LogP contribution < -0.4 is 4.74 Å². The van der Waals surface area contributed by atoms with Gasteiger partial charge in [0.15, 0.2) is 0 Å². The Labute approximate surface area is 201 Å². The molecule has 4 heteroatoms. The van der Waals surface area contributed by atoms with E-state index in [-0.39, 0.29) is 5.97 Å². The summed E-state index contributed by atoms with van der Waals surface area (Å²) in [4.78, 5) is 16.6. The van der Waals surface area contributed by atoms with E-state index in [0.29, 0.717) is 12.3 Å². The number of fused-ring (bicyclic) bond motifs is 1. The van der Waals surface area contributed by atoms with Gasteiger partial charge in [-0.1, -0.05) is 79.7 Å². The molecule has 1 atom stereocenters. The van der Waals surface area contributed by atoms with Crippen molar-refractivity contribution < 1.29 is 9.53 Å². The molecule has 1 aromatic heterocycles. The van der Waals surface area contributed by atoms with Crippen molar-refractivity contribution in [3.63, 3.8) is 0 Å². The minimum atomic E-state index is -0.168. The second kappa shape index (κ2) is 10.1. The molecule has 0 bridgehead atoms. The fraction of sp³-hybridized carbons (Fsp3) is 0.267. The van der Waals surface area contributed by atoms with E-state index in [1.165, 1.54) is 22.4 Å². The van der Waals surface area contributed by atoms with Crippen LogP contribution in [-0.2, 0) is 24.2 Å². The van der Waals surface area contributed by atoms with Crippen LogP contribution in [0.1, 0.15) is 37.3 Å². The van der Waals surface area contributed by atoms with Gasteiger partial charge in [0, 0.05) is 24.1 Å². The zero-order chi connectivity index (χ0) is 23.3. The van der Waals surface area contributed by atoms with Gasteiger partial charge in [-0.3, -0.25) is 4.79 Å². The molecule has 0 radical (unpaired) electrons. The molecular formula is C30H30N2O2. The zero-order valence-corrected chi connectivity index (χ0v) is 19.6. The van der Waals surface area contributed by atoms with Crippen LogP contribution in [-0.4, -0.2) is 15.5 Å². The van der Waals surface area contributed by atoms with Crippen molar-refractivity contribution >= 4 is 5.97 Å². The summed E-state index contributed by atoms with van der Waals surface area (Å²) in [6, 6.07) is 27.1. The monoisotopic (exact) mass is 450 g/mol. The second-order valence-corrected chi connectivity index (χ2v) is 8.99. The van der Waals surface area contributed by atoms with Gasteiger partial charge in [-0.05, 0) is 48.8 Å².